The number of methoxy groups -OCH3 is 1. The van der Waals surface area contributed by atoms with Crippen LogP contribution in [0.15, 0.2) is 18.2 Å². The maximum Gasteiger partial charge on any atom is 0.165 e. The first-order valence-corrected chi connectivity index (χ1v) is 5.90. The highest BCUT2D eigenvalue weighted by Crippen LogP contribution is 2.26. The van der Waals surface area contributed by atoms with Crippen molar-refractivity contribution >= 4 is 0 Å². The van der Waals surface area contributed by atoms with Crippen molar-refractivity contribution in [3.05, 3.63) is 29.6 Å². The van der Waals surface area contributed by atoms with E-state index in [1.54, 1.807) is 26.2 Å². The van der Waals surface area contributed by atoms with Gasteiger partial charge in [-0.25, -0.2) is 4.39 Å². The van der Waals surface area contributed by atoms with Crippen LogP contribution in [-0.4, -0.2) is 33.5 Å². The normalized spacial score (nSPS) is 12.4. The van der Waals surface area contributed by atoms with Crippen molar-refractivity contribution < 1.29 is 18.6 Å². The predicted molar refractivity (Wildman–Crippen MR) is 67.2 cm³/mol. The minimum Gasteiger partial charge on any atom is -0.488 e. The Morgan fingerprint density at radius 1 is 1.22 bits per heavy atom. The van der Waals surface area contributed by atoms with E-state index in [1.807, 2.05) is 0 Å². The van der Waals surface area contributed by atoms with Crippen LogP contribution in [0.3, 0.4) is 0 Å². The molecule has 0 saturated carbocycles. The van der Waals surface area contributed by atoms with Gasteiger partial charge < -0.3 is 19.9 Å². The SMILES string of the molecule is COCCOCCOc1c(F)cccc1C(C)N. The molecular formula is C13H20FNO3. The standard InChI is InChI=1S/C13H20FNO3/c1-10(15)11-4-3-5-12(14)13(11)18-9-8-17-7-6-16-2/h3-5,10H,6-9,15H2,1-2H3. The summed E-state index contributed by atoms with van der Waals surface area (Å²) in [4.78, 5) is 0. The second-order valence-corrected chi connectivity index (χ2v) is 3.90. The maximum absolute atomic E-state index is 13.6. The van der Waals surface area contributed by atoms with Crippen molar-refractivity contribution in [3.8, 4) is 5.75 Å². The Balaban J connectivity index is 2.46. The van der Waals surface area contributed by atoms with Crippen LogP contribution >= 0.6 is 0 Å². The van der Waals surface area contributed by atoms with Gasteiger partial charge in [0, 0.05) is 18.7 Å². The van der Waals surface area contributed by atoms with Crippen molar-refractivity contribution in [1.82, 2.24) is 0 Å². The highest BCUT2D eigenvalue weighted by Gasteiger charge is 2.12. The molecule has 0 aliphatic heterocycles. The molecule has 1 atom stereocenters. The number of ether oxygens (including phenoxy) is 3. The molecule has 0 amide bonds. The van der Waals surface area contributed by atoms with Gasteiger partial charge in [-0.3, -0.25) is 0 Å². The van der Waals surface area contributed by atoms with Crippen LogP contribution < -0.4 is 10.5 Å². The van der Waals surface area contributed by atoms with E-state index >= 15 is 0 Å². The molecule has 0 radical (unpaired) electrons. The molecule has 5 heteroatoms. The highest BCUT2D eigenvalue weighted by molar-refractivity contribution is 5.36. The lowest BCUT2D eigenvalue weighted by Crippen LogP contribution is -2.13. The van der Waals surface area contributed by atoms with Gasteiger partial charge in [0.2, 0.25) is 0 Å². The van der Waals surface area contributed by atoms with Crippen LogP contribution in [0.5, 0.6) is 5.75 Å². The third-order valence-electron chi connectivity index (χ3n) is 2.39. The van der Waals surface area contributed by atoms with Gasteiger partial charge in [-0.1, -0.05) is 12.1 Å². The van der Waals surface area contributed by atoms with E-state index in [0.29, 0.717) is 25.4 Å². The van der Waals surface area contributed by atoms with Crippen LogP contribution in [-0.2, 0) is 9.47 Å². The number of nitrogens with two attached hydrogens (primary N) is 1. The maximum atomic E-state index is 13.6. The van der Waals surface area contributed by atoms with Gasteiger partial charge in [-0.2, -0.15) is 0 Å². The summed E-state index contributed by atoms with van der Waals surface area (Å²) in [5.41, 5.74) is 6.42. The van der Waals surface area contributed by atoms with E-state index in [9.17, 15) is 4.39 Å². The van der Waals surface area contributed by atoms with E-state index in [4.69, 9.17) is 19.9 Å². The van der Waals surface area contributed by atoms with Crippen LogP contribution in [0, 0.1) is 5.82 Å². The fourth-order valence-corrected chi connectivity index (χ4v) is 1.48. The predicted octanol–water partition coefficient (Wildman–Crippen LogP) is 1.89. The molecule has 0 aromatic heterocycles. The largest absolute Gasteiger partial charge is 0.488 e. The molecule has 4 nitrogen and oxygen atoms in total. The smallest absolute Gasteiger partial charge is 0.165 e. The van der Waals surface area contributed by atoms with Crippen molar-refractivity contribution in [2.45, 2.75) is 13.0 Å². The molecule has 0 bridgehead atoms. The second-order valence-electron chi connectivity index (χ2n) is 3.90. The quantitative estimate of drug-likeness (QED) is 0.722. The fraction of sp³-hybridized carbons (Fsp3) is 0.538. The van der Waals surface area contributed by atoms with Gasteiger partial charge in [0.05, 0.1) is 19.8 Å². The molecule has 0 heterocycles. The topological polar surface area (TPSA) is 53.7 Å². The number of hydrogen-bond donors (Lipinski definition) is 1. The lowest BCUT2D eigenvalue weighted by Gasteiger charge is -2.14. The third-order valence-corrected chi connectivity index (χ3v) is 2.39. The number of hydrogen-bond acceptors (Lipinski definition) is 4. The lowest BCUT2D eigenvalue weighted by atomic mass is 10.1. The van der Waals surface area contributed by atoms with Crippen LogP contribution in [0.2, 0.25) is 0 Å². The summed E-state index contributed by atoms with van der Waals surface area (Å²) in [6, 6.07) is 4.46. The molecule has 0 fully saturated rings. The van der Waals surface area contributed by atoms with Gasteiger partial charge in [0.15, 0.2) is 11.6 Å². The van der Waals surface area contributed by atoms with E-state index in [0.717, 1.165) is 0 Å². The van der Waals surface area contributed by atoms with E-state index in [1.165, 1.54) is 6.07 Å². The first-order valence-electron chi connectivity index (χ1n) is 5.90. The molecule has 1 rings (SSSR count). The van der Waals surface area contributed by atoms with Gasteiger partial charge in [0.25, 0.3) is 0 Å². The molecule has 0 aliphatic carbocycles. The Morgan fingerprint density at radius 2 is 1.94 bits per heavy atom. The Morgan fingerprint density at radius 3 is 2.61 bits per heavy atom. The van der Waals surface area contributed by atoms with Crippen molar-refractivity contribution in [2.24, 2.45) is 5.73 Å². The molecule has 1 aromatic rings. The van der Waals surface area contributed by atoms with E-state index in [2.05, 4.69) is 0 Å². The minimum atomic E-state index is -0.401. The Hall–Kier alpha value is -1.17. The monoisotopic (exact) mass is 257 g/mol. The molecule has 0 aliphatic rings. The summed E-state index contributed by atoms with van der Waals surface area (Å²) >= 11 is 0. The molecule has 1 aromatic carbocycles. The summed E-state index contributed by atoms with van der Waals surface area (Å²) in [6.07, 6.45) is 0. The van der Waals surface area contributed by atoms with Crippen LogP contribution in [0.25, 0.3) is 0 Å². The summed E-state index contributed by atoms with van der Waals surface area (Å²) in [5, 5.41) is 0. The Labute approximate surface area is 107 Å². The first kappa shape index (κ1) is 14.9. The zero-order chi connectivity index (χ0) is 13.4. The molecule has 18 heavy (non-hydrogen) atoms. The summed E-state index contributed by atoms with van der Waals surface area (Å²) in [5.74, 6) is -0.190. The molecule has 1 unspecified atom stereocenters. The molecular weight excluding hydrogens is 237 g/mol. The van der Waals surface area contributed by atoms with Crippen molar-refractivity contribution in [3.63, 3.8) is 0 Å². The lowest BCUT2D eigenvalue weighted by molar-refractivity contribution is 0.0536. The molecule has 0 spiro atoms. The number of halogens is 1. The van der Waals surface area contributed by atoms with E-state index in [-0.39, 0.29) is 18.4 Å². The molecule has 0 saturated heterocycles. The third kappa shape index (κ3) is 4.60. The summed E-state index contributed by atoms with van der Waals surface area (Å²) in [7, 11) is 1.61. The zero-order valence-electron chi connectivity index (χ0n) is 10.8. The first-order chi connectivity index (χ1) is 8.66. The Bertz CT molecular complexity index is 358. The zero-order valence-corrected chi connectivity index (χ0v) is 10.8. The number of rotatable bonds is 8. The number of para-hydroxylation sites is 1. The summed E-state index contributed by atoms with van der Waals surface area (Å²) < 4.78 is 29.1. The van der Waals surface area contributed by atoms with Crippen LogP contribution in [0.4, 0.5) is 4.39 Å². The number of benzene rings is 1. The van der Waals surface area contributed by atoms with Crippen LogP contribution in [0.1, 0.15) is 18.5 Å². The van der Waals surface area contributed by atoms with Gasteiger partial charge >= 0.3 is 0 Å². The minimum absolute atomic E-state index is 0.211. The van der Waals surface area contributed by atoms with Gasteiger partial charge in [-0.05, 0) is 13.0 Å². The van der Waals surface area contributed by atoms with Crippen molar-refractivity contribution in [2.75, 3.05) is 33.5 Å². The molecule has 2 N–H and O–H groups in total. The van der Waals surface area contributed by atoms with E-state index < -0.39 is 5.82 Å². The average molecular weight is 257 g/mol. The highest BCUT2D eigenvalue weighted by atomic mass is 19.1. The Kier molecular flexibility index (Phi) is 6.64. The summed E-state index contributed by atoms with van der Waals surface area (Å²) in [6.45, 7) is 3.49. The second kappa shape index (κ2) is 8.02. The van der Waals surface area contributed by atoms with Gasteiger partial charge in [0.1, 0.15) is 6.61 Å². The fourth-order valence-electron chi connectivity index (χ4n) is 1.48. The van der Waals surface area contributed by atoms with Gasteiger partial charge in [-0.15, -0.1) is 0 Å². The molecule has 102 valence electrons. The average Bonchev–Trinajstić information content (AvgIpc) is 2.34. The van der Waals surface area contributed by atoms with Crippen molar-refractivity contribution in [1.29, 1.82) is 0 Å².